The maximum atomic E-state index is 13.7. The van der Waals surface area contributed by atoms with E-state index in [0.29, 0.717) is 5.56 Å². The third-order valence-electron chi connectivity index (χ3n) is 2.21. The number of nitrogens with one attached hydrogen (secondary N) is 1. The molecule has 0 radical (unpaired) electrons. The Labute approximate surface area is 110 Å². The molecule has 1 rings (SSSR count). The Hall–Kier alpha value is -2.39. The van der Waals surface area contributed by atoms with Crippen LogP contribution in [0.25, 0.3) is 0 Å². The monoisotopic (exact) mass is 263 g/mol. The molecule has 0 heterocycles. The SMILES string of the molecule is NCC#Cc1ccc(C(=O)NCCC(N)=O)c(F)c1. The molecule has 0 aliphatic heterocycles. The molecule has 100 valence electrons. The van der Waals surface area contributed by atoms with E-state index in [1.807, 2.05) is 0 Å². The molecular formula is C13H14FN3O2. The van der Waals surface area contributed by atoms with Gasteiger partial charge in [-0.1, -0.05) is 11.8 Å². The zero-order valence-electron chi connectivity index (χ0n) is 10.2. The zero-order chi connectivity index (χ0) is 14.3. The highest BCUT2D eigenvalue weighted by molar-refractivity contribution is 5.94. The molecular weight excluding hydrogens is 249 g/mol. The second-order valence-corrected chi connectivity index (χ2v) is 3.67. The van der Waals surface area contributed by atoms with Gasteiger partial charge in [-0.05, 0) is 18.2 Å². The average Bonchev–Trinajstić information content (AvgIpc) is 2.35. The summed E-state index contributed by atoms with van der Waals surface area (Å²) in [5, 5.41) is 2.40. The van der Waals surface area contributed by atoms with Gasteiger partial charge in [0.1, 0.15) is 5.82 Å². The predicted molar refractivity (Wildman–Crippen MR) is 68.5 cm³/mol. The van der Waals surface area contributed by atoms with Crippen LogP contribution in [0.4, 0.5) is 4.39 Å². The summed E-state index contributed by atoms with van der Waals surface area (Å²) in [5.74, 6) is 3.43. The first-order chi connectivity index (χ1) is 9.04. The Kier molecular flexibility index (Phi) is 5.51. The van der Waals surface area contributed by atoms with Gasteiger partial charge in [-0.25, -0.2) is 4.39 Å². The highest BCUT2D eigenvalue weighted by Crippen LogP contribution is 2.09. The molecule has 0 aliphatic carbocycles. The lowest BCUT2D eigenvalue weighted by Crippen LogP contribution is -2.28. The van der Waals surface area contributed by atoms with Crippen molar-refractivity contribution in [2.45, 2.75) is 6.42 Å². The zero-order valence-corrected chi connectivity index (χ0v) is 10.2. The van der Waals surface area contributed by atoms with E-state index in [1.54, 1.807) is 0 Å². The minimum atomic E-state index is -0.680. The third kappa shape index (κ3) is 4.77. The molecule has 0 atom stereocenters. The topological polar surface area (TPSA) is 98.2 Å². The first-order valence-electron chi connectivity index (χ1n) is 5.59. The summed E-state index contributed by atoms with van der Waals surface area (Å²) < 4.78 is 13.7. The quantitative estimate of drug-likeness (QED) is 0.653. The van der Waals surface area contributed by atoms with Crippen molar-refractivity contribution in [3.8, 4) is 11.8 Å². The summed E-state index contributed by atoms with van der Waals surface area (Å²) in [5.41, 5.74) is 10.5. The van der Waals surface area contributed by atoms with E-state index in [4.69, 9.17) is 11.5 Å². The number of hydrogen-bond acceptors (Lipinski definition) is 3. The Morgan fingerprint density at radius 3 is 2.68 bits per heavy atom. The van der Waals surface area contributed by atoms with Crippen LogP contribution in [0.2, 0.25) is 0 Å². The molecule has 2 amide bonds. The summed E-state index contributed by atoms with van der Waals surface area (Å²) in [6.07, 6.45) is 0.00736. The van der Waals surface area contributed by atoms with Gasteiger partial charge in [-0.15, -0.1) is 0 Å². The first-order valence-corrected chi connectivity index (χ1v) is 5.59. The average molecular weight is 263 g/mol. The number of hydrogen-bond donors (Lipinski definition) is 3. The van der Waals surface area contributed by atoms with Crippen LogP contribution in [0.15, 0.2) is 18.2 Å². The van der Waals surface area contributed by atoms with Crippen molar-refractivity contribution >= 4 is 11.8 Å². The number of primary amides is 1. The van der Waals surface area contributed by atoms with Gasteiger partial charge in [0.15, 0.2) is 0 Å². The molecule has 0 bridgehead atoms. The molecule has 0 fully saturated rings. The summed E-state index contributed by atoms with van der Waals surface area (Å²) in [4.78, 5) is 22.1. The van der Waals surface area contributed by atoms with Crippen LogP contribution in [0, 0.1) is 17.7 Å². The van der Waals surface area contributed by atoms with Gasteiger partial charge in [0.25, 0.3) is 5.91 Å². The van der Waals surface area contributed by atoms with Crippen LogP contribution in [0.1, 0.15) is 22.3 Å². The van der Waals surface area contributed by atoms with Crippen molar-refractivity contribution in [2.24, 2.45) is 11.5 Å². The van der Waals surface area contributed by atoms with Crippen molar-refractivity contribution in [1.82, 2.24) is 5.32 Å². The van der Waals surface area contributed by atoms with Crippen molar-refractivity contribution in [3.05, 3.63) is 35.1 Å². The molecule has 19 heavy (non-hydrogen) atoms. The summed E-state index contributed by atoms with van der Waals surface area (Å²) in [6.45, 7) is 0.249. The van der Waals surface area contributed by atoms with Crippen LogP contribution in [-0.4, -0.2) is 24.9 Å². The molecule has 1 aromatic carbocycles. The van der Waals surface area contributed by atoms with E-state index in [2.05, 4.69) is 17.2 Å². The molecule has 0 aromatic heterocycles. The Morgan fingerprint density at radius 2 is 2.11 bits per heavy atom. The molecule has 0 saturated carbocycles. The van der Waals surface area contributed by atoms with Crippen LogP contribution in [0.3, 0.4) is 0 Å². The fourth-order valence-electron chi connectivity index (χ4n) is 1.32. The highest BCUT2D eigenvalue weighted by atomic mass is 19.1. The number of amides is 2. The van der Waals surface area contributed by atoms with Gasteiger partial charge in [0, 0.05) is 18.5 Å². The van der Waals surface area contributed by atoms with Gasteiger partial charge >= 0.3 is 0 Å². The molecule has 0 saturated heterocycles. The van der Waals surface area contributed by atoms with Crippen molar-refractivity contribution in [1.29, 1.82) is 0 Å². The minimum Gasteiger partial charge on any atom is -0.370 e. The number of benzene rings is 1. The molecule has 6 heteroatoms. The second-order valence-electron chi connectivity index (χ2n) is 3.67. The highest BCUT2D eigenvalue weighted by Gasteiger charge is 2.11. The number of nitrogens with two attached hydrogens (primary N) is 2. The molecule has 5 N–H and O–H groups in total. The van der Waals surface area contributed by atoms with Gasteiger partial charge in [0.05, 0.1) is 12.1 Å². The van der Waals surface area contributed by atoms with Crippen molar-refractivity contribution in [3.63, 3.8) is 0 Å². The smallest absolute Gasteiger partial charge is 0.254 e. The molecule has 0 aliphatic rings. The Morgan fingerprint density at radius 1 is 1.37 bits per heavy atom. The Balaban J connectivity index is 2.73. The van der Waals surface area contributed by atoms with E-state index in [0.717, 1.165) is 6.07 Å². The first kappa shape index (κ1) is 14.7. The normalized spacial score (nSPS) is 9.37. The number of carbonyl (C=O) groups excluding carboxylic acids is 2. The maximum absolute atomic E-state index is 13.7. The fourth-order valence-corrected chi connectivity index (χ4v) is 1.32. The lowest BCUT2D eigenvalue weighted by Gasteiger charge is -2.05. The van der Waals surface area contributed by atoms with E-state index in [9.17, 15) is 14.0 Å². The molecule has 5 nitrogen and oxygen atoms in total. The number of rotatable bonds is 4. The number of carbonyl (C=O) groups is 2. The van der Waals surface area contributed by atoms with Gasteiger partial charge < -0.3 is 16.8 Å². The molecule has 1 aromatic rings. The van der Waals surface area contributed by atoms with Crippen molar-refractivity contribution in [2.75, 3.05) is 13.1 Å². The van der Waals surface area contributed by atoms with E-state index < -0.39 is 17.6 Å². The molecule has 0 unspecified atom stereocenters. The van der Waals surface area contributed by atoms with Gasteiger partial charge in [-0.2, -0.15) is 0 Å². The summed E-state index contributed by atoms with van der Waals surface area (Å²) in [7, 11) is 0. The van der Waals surface area contributed by atoms with Crippen LogP contribution >= 0.6 is 0 Å². The van der Waals surface area contributed by atoms with E-state index in [-0.39, 0.29) is 25.1 Å². The van der Waals surface area contributed by atoms with Crippen LogP contribution in [0.5, 0.6) is 0 Å². The van der Waals surface area contributed by atoms with Crippen LogP contribution < -0.4 is 16.8 Å². The van der Waals surface area contributed by atoms with E-state index in [1.165, 1.54) is 12.1 Å². The van der Waals surface area contributed by atoms with E-state index >= 15 is 0 Å². The lowest BCUT2D eigenvalue weighted by atomic mass is 10.1. The predicted octanol–water partition coefficient (Wildman–Crippen LogP) is -0.259. The summed E-state index contributed by atoms with van der Waals surface area (Å²) in [6, 6.07) is 4.01. The standard InChI is InChI=1S/C13H14FN3O2/c14-11-8-9(2-1-6-15)3-4-10(11)13(19)17-7-5-12(16)18/h3-4,8H,5-7,15H2,(H2,16,18)(H,17,19). The third-order valence-corrected chi connectivity index (χ3v) is 2.21. The van der Waals surface area contributed by atoms with Crippen LogP contribution in [-0.2, 0) is 4.79 Å². The minimum absolute atomic E-state index is 0.00736. The largest absolute Gasteiger partial charge is 0.370 e. The molecule has 0 spiro atoms. The van der Waals surface area contributed by atoms with Gasteiger partial charge in [-0.3, -0.25) is 9.59 Å². The van der Waals surface area contributed by atoms with Crippen molar-refractivity contribution < 1.29 is 14.0 Å². The summed E-state index contributed by atoms with van der Waals surface area (Å²) >= 11 is 0. The lowest BCUT2D eigenvalue weighted by molar-refractivity contribution is -0.117. The maximum Gasteiger partial charge on any atom is 0.254 e. The fraction of sp³-hybridized carbons (Fsp3) is 0.231. The second kappa shape index (κ2) is 7.13. The number of halogens is 1. The van der Waals surface area contributed by atoms with Gasteiger partial charge in [0.2, 0.25) is 5.91 Å². The Bertz CT molecular complexity index is 547.